The first-order valence-corrected chi connectivity index (χ1v) is 9.13. The summed E-state index contributed by atoms with van der Waals surface area (Å²) >= 11 is 0. The summed E-state index contributed by atoms with van der Waals surface area (Å²) in [6.07, 6.45) is 11.5. The molecule has 22 heavy (non-hydrogen) atoms. The van der Waals surface area contributed by atoms with E-state index in [9.17, 15) is 9.59 Å². The minimum absolute atomic E-state index is 0.139. The van der Waals surface area contributed by atoms with E-state index in [4.69, 9.17) is 5.11 Å². The maximum Gasteiger partial charge on any atom is 0.306 e. The smallest absolute Gasteiger partial charge is 0.306 e. The van der Waals surface area contributed by atoms with Crippen LogP contribution in [-0.2, 0) is 9.59 Å². The topological polar surface area (TPSA) is 66.4 Å². The van der Waals surface area contributed by atoms with E-state index in [0.717, 1.165) is 31.6 Å². The van der Waals surface area contributed by atoms with E-state index in [0.29, 0.717) is 12.8 Å². The maximum atomic E-state index is 12.5. The molecule has 0 heterocycles. The van der Waals surface area contributed by atoms with Gasteiger partial charge in [-0.1, -0.05) is 39.0 Å². The molecule has 1 atom stereocenters. The van der Waals surface area contributed by atoms with Crippen LogP contribution in [0.3, 0.4) is 0 Å². The van der Waals surface area contributed by atoms with Gasteiger partial charge in [-0.2, -0.15) is 0 Å². The highest BCUT2D eigenvalue weighted by Gasteiger charge is 2.29. The van der Waals surface area contributed by atoms with Crippen LogP contribution in [0, 0.1) is 17.8 Å². The van der Waals surface area contributed by atoms with Crippen molar-refractivity contribution in [1.82, 2.24) is 5.32 Å². The van der Waals surface area contributed by atoms with Crippen molar-refractivity contribution in [3.05, 3.63) is 0 Å². The van der Waals surface area contributed by atoms with Crippen molar-refractivity contribution in [2.24, 2.45) is 17.8 Å². The number of hydrogen-bond acceptors (Lipinski definition) is 2. The van der Waals surface area contributed by atoms with Gasteiger partial charge in [-0.3, -0.25) is 9.59 Å². The molecule has 0 bridgehead atoms. The Morgan fingerprint density at radius 1 is 1.05 bits per heavy atom. The SMILES string of the molecule is CCC(CC1CCCCC1)C(=O)NC1CCC(C(=O)O)CC1. The summed E-state index contributed by atoms with van der Waals surface area (Å²) < 4.78 is 0. The number of carbonyl (C=O) groups is 2. The Bertz CT molecular complexity index is 369. The van der Waals surface area contributed by atoms with Crippen LogP contribution in [0.5, 0.6) is 0 Å². The fourth-order valence-electron chi connectivity index (χ4n) is 4.09. The summed E-state index contributed by atoms with van der Waals surface area (Å²) in [7, 11) is 0. The number of aliphatic carboxylic acids is 1. The predicted octanol–water partition coefficient (Wildman–Crippen LogP) is 3.74. The molecule has 0 saturated heterocycles. The van der Waals surface area contributed by atoms with Gasteiger partial charge in [0.1, 0.15) is 0 Å². The van der Waals surface area contributed by atoms with Gasteiger partial charge in [0.25, 0.3) is 0 Å². The Morgan fingerprint density at radius 2 is 1.68 bits per heavy atom. The fraction of sp³-hybridized carbons (Fsp3) is 0.889. The van der Waals surface area contributed by atoms with E-state index in [-0.39, 0.29) is 23.8 Å². The Hall–Kier alpha value is -1.06. The molecular formula is C18H31NO3. The summed E-state index contributed by atoms with van der Waals surface area (Å²) in [5, 5.41) is 12.2. The third-order valence-electron chi connectivity index (χ3n) is 5.63. The van der Waals surface area contributed by atoms with E-state index in [1.54, 1.807) is 0 Å². The number of amides is 1. The van der Waals surface area contributed by atoms with Gasteiger partial charge in [0.15, 0.2) is 0 Å². The van der Waals surface area contributed by atoms with Gasteiger partial charge in [0.05, 0.1) is 5.92 Å². The van der Waals surface area contributed by atoms with Crippen LogP contribution >= 0.6 is 0 Å². The van der Waals surface area contributed by atoms with Gasteiger partial charge in [-0.15, -0.1) is 0 Å². The molecule has 2 aliphatic rings. The number of carboxylic acids is 1. The second kappa shape index (κ2) is 8.54. The highest BCUT2D eigenvalue weighted by molar-refractivity contribution is 5.79. The lowest BCUT2D eigenvalue weighted by Gasteiger charge is -2.30. The number of carboxylic acid groups (broad SMARTS) is 1. The molecule has 4 heteroatoms. The Balaban J connectivity index is 1.76. The van der Waals surface area contributed by atoms with Gasteiger partial charge in [0.2, 0.25) is 5.91 Å². The molecule has 2 fully saturated rings. The summed E-state index contributed by atoms with van der Waals surface area (Å²) in [6.45, 7) is 2.11. The highest BCUT2D eigenvalue weighted by Crippen LogP contribution is 2.31. The van der Waals surface area contributed by atoms with E-state index in [1.807, 2.05) is 0 Å². The second-order valence-corrected chi connectivity index (χ2v) is 7.24. The molecular weight excluding hydrogens is 278 g/mol. The lowest BCUT2D eigenvalue weighted by Crippen LogP contribution is -2.42. The zero-order chi connectivity index (χ0) is 15.9. The quantitative estimate of drug-likeness (QED) is 0.785. The molecule has 0 aromatic heterocycles. The minimum Gasteiger partial charge on any atom is -0.481 e. The van der Waals surface area contributed by atoms with Crippen LogP contribution in [0.25, 0.3) is 0 Å². The molecule has 1 amide bonds. The lowest BCUT2D eigenvalue weighted by molar-refractivity contribution is -0.142. The van der Waals surface area contributed by atoms with Crippen LogP contribution in [0.4, 0.5) is 0 Å². The number of carbonyl (C=O) groups excluding carboxylic acids is 1. The molecule has 126 valence electrons. The average molecular weight is 309 g/mol. The molecule has 0 aromatic carbocycles. The van der Waals surface area contributed by atoms with Gasteiger partial charge >= 0.3 is 5.97 Å². The van der Waals surface area contributed by atoms with E-state index in [1.165, 1.54) is 32.1 Å². The van der Waals surface area contributed by atoms with Crippen molar-refractivity contribution in [1.29, 1.82) is 0 Å². The van der Waals surface area contributed by atoms with E-state index >= 15 is 0 Å². The first kappa shape index (κ1) is 17.3. The lowest BCUT2D eigenvalue weighted by atomic mass is 9.81. The van der Waals surface area contributed by atoms with Gasteiger partial charge in [-0.05, 0) is 44.4 Å². The highest BCUT2D eigenvalue weighted by atomic mass is 16.4. The van der Waals surface area contributed by atoms with Gasteiger partial charge in [-0.25, -0.2) is 0 Å². The van der Waals surface area contributed by atoms with Crippen molar-refractivity contribution in [3.8, 4) is 0 Å². The predicted molar refractivity (Wildman–Crippen MR) is 86.5 cm³/mol. The van der Waals surface area contributed by atoms with Gasteiger partial charge in [0, 0.05) is 12.0 Å². The van der Waals surface area contributed by atoms with E-state index < -0.39 is 5.97 Å². The number of nitrogens with one attached hydrogen (secondary N) is 1. The number of rotatable bonds is 6. The molecule has 2 aliphatic carbocycles. The summed E-state index contributed by atoms with van der Waals surface area (Å²) in [4.78, 5) is 23.5. The van der Waals surface area contributed by atoms with Crippen LogP contribution in [-0.4, -0.2) is 23.0 Å². The molecule has 1 unspecified atom stereocenters. The maximum absolute atomic E-state index is 12.5. The molecule has 2 N–H and O–H groups in total. The monoisotopic (exact) mass is 309 g/mol. The number of hydrogen-bond donors (Lipinski definition) is 2. The van der Waals surface area contributed by atoms with E-state index in [2.05, 4.69) is 12.2 Å². The van der Waals surface area contributed by atoms with Crippen LogP contribution in [0.15, 0.2) is 0 Å². The molecule has 4 nitrogen and oxygen atoms in total. The molecule has 2 saturated carbocycles. The third kappa shape index (κ3) is 4.99. The largest absolute Gasteiger partial charge is 0.481 e. The minimum atomic E-state index is -0.687. The Morgan fingerprint density at radius 3 is 2.23 bits per heavy atom. The van der Waals surface area contributed by atoms with Crippen molar-refractivity contribution in [2.45, 2.75) is 83.6 Å². The molecule has 2 rings (SSSR count). The van der Waals surface area contributed by atoms with Crippen LogP contribution in [0.1, 0.15) is 77.6 Å². The van der Waals surface area contributed by atoms with Crippen molar-refractivity contribution >= 4 is 11.9 Å². The molecule has 0 spiro atoms. The molecule has 0 radical (unpaired) electrons. The van der Waals surface area contributed by atoms with Gasteiger partial charge < -0.3 is 10.4 Å². The summed E-state index contributed by atoms with van der Waals surface area (Å²) in [6, 6.07) is 0.184. The Kier molecular flexibility index (Phi) is 6.71. The normalized spacial score (nSPS) is 28.0. The standard InChI is InChI=1S/C18H31NO3/c1-2-14(12-13-6-4-3-5-7-13)17(20)19-16-10-8-15(9-11-16)18(21)22/h13-16H,2-12H2,1H3,(H,19,20)(H,21,22). The van der Waals surface area contributed by atoms with Crippen LogP contribution in [0.2, 0.25) is 0 Å². The van der Waals surface area contributed by atoms with Crippen molar-refractivity contribution in [2.75, 3.05) is 0 Å². The molecule has 0 aromatic rings. The summed E-state index contributed by atoms with van der Waals surface area (Å²) in [5.41, 5.74) is 0. The first-order valence-electron chi connectivity index (χ1n) is 9.13. The zero-order valence-electron chi connectivity index (χ0n) is 13.9. The fourth-order valence-corrected chi connectivity index (χ4v) is 4.09. The van der Waals surface area contributed by atoms with Crippen molar-refractivity contribution < 1.29 is 14.7 Å². The summed E-state index contributed by atoms with van der Waals surface area (Å²) in [5.74, 6) is 0.171. The van der Waals surface area contributed by atoms with Crippen LogP contribution < -0.4 is 5.32 Å². The second-order valence-electron chi connectivity index (χ2n) is 7.24. The average Bonchev–Trinajstić information content (AvgIpc) is 2.54. The molecule has 0 aliphatic heterocycles. The Labute approximate surface area is 134 Å². The third-order valence-corrected chi connectivity index (χ3v) is 5.63. The zero-order valence-corrected chi connectivity index (χ0v) is 13.9. The first-order chi connectivity index (χ1) is 10.6. The van der Waals surface area contributed by atoms with Crippen molar-refractivity contribution in [3.63, 3.8) is 0 Å².